The van der Waals surface area contributed by atoms with Crippen LogP contribution in [0.1, 0.15) is 18.5 Å². The molecule has 1 unspecified atom stereocenters. The summed E-state index contributed by atoms with van der Waals surface area (Å²) < 4.78 is 36.9. The normalized spacial score (nSPS) is 20.9. The number of halogens is 4. The summed E-state index contributed by atoms with van der Waals surface area (Å²) in [7, 11) is 0. The average molecular weight is 266 g/mol. The zero-order chi connectivity index (χ0) is 12.5. The lowest BCUT2D eigenvalue weighted by molar-refractivity contribution is -0.141. The fourth-order valence-electron chi connectivity index (χ4n) is 1.93. The van der Waals surface area contributed by atoms with E-state index in [0.29, 0.717) is 11.7 Å². The first-order valence-electron chi connectivity index (χ1n) is 5.26. The van der Waals surface area contributed by atoms with Gasteiger partial charge < -0.3 is 4.90 Å². The van der Waals surface area contributed by atoms with Gasteiger partial charge in [-0.15, -0.1) is 21.8 Å². The molecular formula is C10H11ClF3N3. The van der Waals surface area contributed by atoms with E-state index in [1.54, 1.807) is 0 Å². The molecule has 0 saturated carbocycles. The van der Waals surface area contributed by atoms with Gasteiger partial charge in [-0.25, -0.2) is 0 Å². The summed E-state index contributed by atoms with van der Waals surface area (Å²) in [6.07, 6.45) is -2.53. The first kappa shape index (κ1) is 12.4. The summed E-state index contributed by atoms with van der Waals surface area (Å²) in [5.41, 5.74) is -0.970. The zero-order valence-corrected chi connectivity index (χ0v) is 9.67. The van der Waals surface area contributed by atoms with Gasteiger partial charge in [-0.1, -0.05) is 0 Å². The van der Waals surface area contributed by atoms with Crippen LogP contribution in [-0.2, 0) is 6.18 Å². The van der Waals surface area contributed by atoms with E-state index >= 15 is 0 Å². The van der Waals surface area contributed by atoms with Crippen molar-refractivity contribution in [3.63, 3.8) is 0 Å². The molecule has 2 rings (SSSR count). The highest BCUT2D eigenvalue weighted by molar-refractivity contribution is 6.18. The molecule has 0 amide bonds. The lowest BCUT2D eigenvalue weighted by atomic mass is 10.2. The Balaban J connectivity index is 2.18. The number of nitrogens with zero attached hydrogens (tertiary/aromatic N) is 3. The molecule has 7 heteroatoms. The average Bonchev–Trinajstić information content (AvgIpc) is 2.76. The minimum atomic E-state index is -4.44. The van der Waals surface area contributed by atoms with Gasteiger partial charge in [0.25, 0.3) is 0 Å². The molecule has 0 aliphatic carbocycles. The van der Waals surface area contributed by atoms with Crippen molar-refractivity contribution in [1.82, 2.24) is 10.2 Å². The molecule has 1 aliphatic heterocycles. The van der Waals surface area contributed by atoms with Gasteiger partial charge >= 0.3 is 6.18 Å². The highest BCUT2D eigenvalue weighted by Crippen LogP contribution is 2.29. The van der Waals surface area contributed by atoms with Gasteiger partial charge in [0.15, 0.2) is 11.5 Å². The quantitative estimate of drug-likeness (QED) is 0.770. The molecule has 1 aromatic rings. The molecule has 1 aliphatic rings. The van der Waals surface area contributed by atoms with E-state index in [2.05, 4.69) is 10.2 Å². The molecule has 0 N–H and O–H groups in total. The van der Waals surface area contributed by atoms with Crippen LogP contribution in [0.3, 0.4) is 0 Å². The second-order valence-corrected chi connectivity index (χ2v) is 4.23. The lowest BCUT2D eigenvalue weighted by Gasteiger charge is -2.23. The van der Waals surface area contributed by atoms with Gasteiger partial charge in [-0.3, -0.25) is 0 Å². The molecular weight excluding hydrogens is 255 g/mol. The van der Waals surface area contributed by atoms with Crippen LogP contribution >= 0.6 is 11.6 Å². The Labute approximate surface area is 102 Å². The molecule has 0 aromatic carbocycles. The lowest BCUT2D eigenvalue weighted by Crippen LogP contribution is -2.31. The SMILES string of the molecule is FC(F)(F)c1ccc(N2CCCC2CCl)nn1. The molecule has 0 spiro atoms. The number of hydrogen-bond donors (Lipinski definition) is 0. The van der Waals surface area contributed by atoms with Gasteiger partial charge in [-0.2, -0.15) is 13.2 Å². The minimum absolute atomic E-state index is 0.141. The Morgan fingerprint density at radius 3 is 2.65 bits per heavy atom. The van der Waals surface area contributed by atoms with Crippen molar-refractivity contribution in [2.24, 2.45) is 0 Å². The van der Waals surface area contributed by atoms with Crippen molar-refractivity contribution in [3.05, 3.63) is 17.8 Å². The van der Waals surface area contributed by atoms with Crippen LogP contribution in [0.4, 0.5) is 19.0 Å². The largest absolute Gasteiger partial charge is 0.435 e. The Hall–Kier alpha value is -1.04. The van der Waals surface area contributed by atoms with Crippen molar-refractivity contribution in [1.29, 1.82) is 0 Å². The van der Waals surface area contributed by atoms with E-state index < -0.39 is 11.9 Å². The Kier molecular flexibility index (Phi) is 3.42. The topological polar surface area (TPSA) is 29.0 Å². The van der Waals surface area contributed by atoms with Crippen LogP contribution in [0, 0.1) is 0 Å². The summed E-state index contributed by atoms with van der Waals surface area (Å²) in [6.45, 7) is 0.761. The van der Waals surface area contributed by atoms with Crippen LogP contribution in [0.15, 0.2) is 12.1 Å². The molecule has 17 heavy (non-hydrogen) atoms. The van der Waals surface area contributed by atoms with Crippen LogP contribution in [0.2, 0.25) is 0 Å². The summed E-state index contributed by atoms with van der Waals surface area (Å²) in [4.78, 5) is 1.90. The van der Waals surface area contributed by atoms with Crippen molar-refractivity contribution in [2.75, 3.05) is 17.3 Å². The van der Waals surface area contributed by atoms with E-state index in [4.69, 9.17) is 11.6 Å². The molecule has 2 heterocycles. The minimum Gasteiger partial charge on any atom is -0.351 e. The van der Waals surface area contributed by atoms with Gasteiger partial charge in [0, 0.05) is 18.5 Å². The monoisotopic (exact) mass is 265 g/mol. The van der Waals surface area contributed by atoms with E-state index in [-0.39, 0.29) is 6.04 Å². The smallest absolute Gasteiger partial charge is 0.351 e. The first-order chi connectivity index (χ1) is 8.02. The fraction of sp³-hybridized carbons (Fsp3) is 0.600. The van der Waals surface area contributed by atoms with E-state index in [0.717, 1.165) is 25.5 Å². The summed E-state index contributed by atoms with van der Waals surface area (Å²) in [5, 5.41) is 6.83. The molecule has 1 aromatic heterocycles. The summed E-state index contributed by atoms with van der Waals surface area (Å²) in [5.74, 6) is 0.907. The van der Waals surface area contributed by atoms with Gasteiger partial charge in [0.1, 0.15) is 0 Å². The third-order valence-corrected chi connectivity index (χ3v) is 3.15. The third-order valence-electron chi connectivity index (χ3n) is 2.79. The molecule has 0 bridgehead atoms. The third kappa shape index (κ3) is 2.62. The maximum Gasteiger partial charge on any atom is 0.435 e. The number of rotatable bonds is 2. The predicted molar refractivity (Wildman–Crippen MR) is 58.1 cm³/mol. The maximum absolute atomic E-state index is 12.3. The summed E-state index contributed by atoms with van der Waals surface area (Å²) >= 11 is 5.79. The molecule has 3 nitrogen and oxygen atoms in total. The van der Waals surface area contributed by atoms with Crippen LogP contribution < -0.4 is 4.90 Å². The van der Waals surface area contributed by atoms with E-state index in [1.807, 2.05) is 4.90 Å². The van der Waals surface area contributed by atoms with Crippen molar-refractivity contribution in [3.8, 4) is 0 Å². The highest BCUT2D eigenvalue weighted by atomic mass is 35.5. The summed E-state index contributed by atoms with van der Waals surface area (Å²) in [6, 6.07) is 2.44. The fourth-order valence-corrected chi connectivity index (χ4v) is 2.25. The van der Waals surface area contributed by atoms with E-state index in [9.17, 15) is 13.2 Å². The Morgan fingerprint density at radius 2 is 2.12 bits per heavy atom. The first-order valence-corrected chi connectivity index (χ1v) is 5.79. The predicted octanol–water partition coefficient (Wildman–Crippen LogP) is 2.70. The highest BCUT2D eigenvalue weighted by Gasteiger charge is 2.33. The second kappa shape index (κ2) is 4.68. The molecule has 1 fully saturated rings. The van der Waals surface area contributed by atoms with Gasteiger partial charge in [-0.05, 0) is 25.0 Å². The molecule has 94 valence electrons. The molecule has 0 radical (unpaired) electrons. The number of anilines is 1. The zero-order valence-electron chi connectivity index (χ0n) is 8.91. The van der Waals surface area contributed by atoms with Crippen molar-refractivity contribution in [2.45, 2.75) is 25.1 Å². The number of alkyl halides is 4. The number of hydrogen-bond acceptors (Lipinski definition) is 3. The second-order valence-electron chi connectivity index (χ2n) is 3.92. The van der Waals surface area contributed by atoms with Crippen LogP contribution in [0.25, 0.3) is 0 Å². The Bertz CT molecular complexity index is 379. The molecule has 1 atom stereocenters. The Morgan fingerprint density at radius 1 is 1.35 bits per heavy atom. The van der Waals surface area contributed by atoms with Crippen molar-refractivity contribution < 1.29 is 13.2 Å². The van der Waals surface area contributed by atoms with E-state index in [1.165, 1.54) is 6.07 Å². The molecule has 1 saturated heterocycles. The van der Waals surface area contributed by atoms with Crippen LogP contribution in [-0.4, -0.2) is 28.7 Å². The van der Waals surface area contributed by atoms with Crippen LogP contribution in [0.5, 0.6) is 0 Å². The maximum atomic E-state index is 12.3. The van der Waals surface area contributed by atoms with Crippen molar-refractivity contribution >= 4 is 17.4 Å². The van der Waals surface area contributed by atoms with Gasteiger partial charge in [0.05, 0.1) is 0 Å². The van der Waals surface area contributed by atoms with Gasteiger partial charge in [0.2, 0.25) is 0 Å². The number of aromatic nitrogens is 2. The standard InChI is InChI=1S/C10H11ClF3N3/c11-6-7-2-1-5-17(7)9-4-3-8(15-16-9)10(12,13)14/h3-4,7H,1-2,5-6H2.